The van der Waals surface area contributed by atoms with E-state index in [9.17, 15) is 4.79 Å². The smallest absolute Gasteiger partial charge is 0.305 e. The zero-order chi connectivity index (χ0) is 19.5. The number of carbonyl (C=O) groups is 1. The van der Waals surface area contributed by atoms with Crippen molar-refractivity contribution in [2.24, 2.45) is 34.5 Å². The molecule has 0 amide bonds. The van der Waals surface area contributed by atoms with E-state index in [1.165, 1.54) is 84.2 Å². The fourth-order valence-electron chi connectivity index (χ4n) is 7.37. The first-order valence-electron chi connectivity index (χ1n) is 12.0. The molecule has 0 spiro atoms. The number of fused-ring (bicyclic) bond motifs is 2. The summed E-state index contributed by atoms with van der Waals surface area (Å²) in [6.45, 7) is 7.81. The van der Waals surface area contributed by atoms with E-state index in [4.69, 9.17) is 4.74 Å². The number of carbonyl (C=O) groups excluding carboxylic acids is 1. The number of esters is 1. The first kappa shape index (κ1) is 21.2. The van der Waals surface area contributed by atoms with E-state index in [1.54, 1.807) is 0 Å². The molecule has 0 aromatic heterocycles. The van der Waals surface area contributed by atoms with Crippen molar-refractivity contribution >= 4 is 5.97 Å². The van der Waals surface area contributed by atoms with Gasteiger partial charge in [-0.25, -0.2) is 0 Å². The monoisotopic (exact) mass is 376 g/mol. The SMILES string of the molecule is COC(=O)CCCC1CCC2CCCC3CCCCC3(C)C(C)CCC12C. The number of hydrogen-bond donors (Lipinski definition) is 0. The number of hydrogen-bond acceptors (Lipinski definition) is 2. The van der Waals surface area contributed by atoms with E-state index in [-0.39, 0.29) is 5.97 Å². The van der Waals surface area contributed by atoms with Gasteiger partial charge in [-0.2, -0.15) is 0 Å². The Kier molecular flexibility index (Phi) is 6.96. The Bertz CT molecular complexity index is 501. The van der Waals surface area contributed by atoms with E-state index in [2.05, 4.69) is 20.8 Å². The first-order valence-corrected chi connectivity index (χ1v) is 12.0. The minimum Gasteiger partial charge on any atom is -0.469 e. The summed E-state index contributed by atoms with van der Waals surface area (Å²) >= 11 is 0. The average molecular weight is 377 g/mol. The molecule has 2 nitrogen and oxygen atoms in total. The highest BCUT2D eigenvalue weighted by molar-refractivity contribution is 5.68. The summed E-state index contributed by atoms with van der Waals surface area (Å²) in [7, 11) is 1.51. The molecular weight excluding hydrogens is 332 g/mol. The molecule has 0 aliphatic heterocycles. The Labute approximate surface area is 168 Å². The molecule has 3 saturated carbocycles. The maximum Gasteiger partial charge on any atom is 0.305 e. The van der Waals surface area contributed by atoms with Crippen LogP contribution >= 0.6 is 0 Å². The van der Waals surface area contributed by atoms with E-state index in [0.29, 0.717) is 17.3 Å². The molecule has 0 saturated heterocycles. The fraction of sp³-hybridized carbons (Fsp3) is 0.960. The second-order valence-electron chi connectivity index (χ2n) is 10.8. The summed E-state index contributed by atoms with van der Waals surface area (Å²) in [5.41, 5.74) is 1.09. The van der Waals surface area contributed by atoms with E-state index in [0.717, 1.165) is 30.1 Å². The van der Waals surface area contributed by atoms with Crippen molar-refractivity contribution in [1.82, 2.24) is 0 Å². The standard InChI is InChI=1S/C25H44O2/c1-19-16-18-25(3)21(14-15-22(25)12-8-13-23(26)27-4)11-7-10-20-9-5-6-17-24(19,20)2/h19-22H,5-18H2,1-4H3. The minimum atomic E-state index is -0.0365. The highest BCUT2D eigenvalue weighted by Crippen LogP contribution is 2.58. The molecule has 6 unspecified atom stereocenters. The zero-order valence-electron chi connectivity index (χ0n) is 18.5. The highest BCUT2D eigenvalue weighted by atomic mass is 16.5. The molecule has 3 aliphatic carbocycles. The Morgan fingerprint density at radius 2 is 1.59 bits per heavy atom. The van der Waals surface area contributed by atoms with Gasteiger partial charge in [-0.3, -0.25) is 4.79 Å². The van der Waals surface area contributed by atoms with E-state index >= 15 is 0 Å². The third kappa shape index (κ3) is 4.40. The Morgan fingerprint density at radius 1 is 0.889 bits per heavy atom. The largest absolute Gasteiger partial charge is 0.469 e. The molecule has 0 aromatic carbocycles. The minimum absolute atomic E-state index is 0.0365. The highest BCUT2D eigenvalue weighted by Gasteiger charge is 2.48. The van der Waals surface area contributed by atoms with Crippen LogP contribution in [0, 0.1) is 34.5 Å². The predicted molar refractivity (Wildman–Crippen MR) is 113 cm³/mol. The van der Waals surface area contributed by atoms with Crippen LogP contribution in [0.5, 0.6) is 0 Å². The van der Waals surface area contributed by atoms with Crippen molar-refractivity contribution in [2.75, 3.05) is 7.11 Å². The number of ether oxygens (including phenoxy) is 1. The van der Waals surface area contributed by atoms with Gasteiger partial charge in [0.15, 0.2) is 0 Å². The van der Waals surface area contributed by atoms with Crippen molar-refractivity contribution < 1.29 is 9.53 Å². The summed E-state index contributed by atoms with van der Waals surface area (Å²) < 4.78 is 4.85. The third-order valence-electron chi connectivity index (χ3n) is 9.69. The maximum atomic E-state index is 11.5. The molecule has 0 N–H and O–H groups in total. The lowest BCUT2D eigenvalue weighted by Crippen LogP contribution is -2.39. The molecule has 156 valence electrons. The van der Waals surface area contributed by atoms with Crippen molar-refractivity contribution in [1.29, 1.82) is 0 Å². The van der Waals surface area contributed by atoms with Gasteiger partial charge in [0.25, 0.3) is 0 Å². The maximum absolute atomic E-state index is 11.5. The van der Waals surface area contributed by atoms with Gasteiger partial charge in [0.05, 0.1) is 7.11 Å². The lowest BCUT2D eigenvalue weighted by atomic mass is 9.56. The summed E-state index contributed by atoms with van der Waals surface area (Å²) in [5.74, 6) is 3.53. The first-order chi connectivity index (χ1) is 12.9. The molecule has 6 atom stereocenters. The molecule has 2 heteroatoms. The third-order valence-corrected chi connectivity index (χ3v) is 9.69. The van der Waals surface area contributed by atoms with Crippen LogP contribution in [0.15, 0.2) is 0 Å². The normalized spacial score (nSPS) is 42.8. The van der Waals surface area contributed by atoms with Crippen LogP contribution in [0.1, 0.15) is 111 Å². The van der Waals surface area contributed by atoms with Crippen molar-refractivity contribution in [2.45, 2.75) is 111 Å². The van der Waals surface area contributed by atoms with Crippen LogP contribution in [0.3, 0.4) is 0 Å². The van der Waals surface area contributed by atoms with Crippen LogP contribution in [0.25, 0.3) is 0 Å². The Morgan fingerprint density at radius 3 is 2.33 bits per heavy atom. The Hall–Kier alpha value is -0.530. The van der Waals surface area contributed by atoms with Gasteiger partial charge in [-0.1, -0.05) is 40.0 Å². The predicted octanol–water partition coefficient (Wildman–Crippen LogP) is 7.16. The van der Waals surface area contributed by atoms with Crippen LogP contribution in [-0.2, 0) is 9.53 Å². The molecule has 0 heterocycles. The lowest BCUT2D eigenvalue weighted by Gasteiger charge is -2.49. The van der Waals surface area contributed by atoms with Gasteiger partial charge in [-0.15, -0.1) is 0 Å². The van der Waals surface area contributed by atoms with Crippen molar-refractivity contribution in [3.63, 3.8) is 0 Å². The number of rotatable bonds is 4. The summed E-state index contributed by atoms with van der Waals surface area (Å²) in [6.07, 6.45) is 18.7. The second kappa shape index (κ2) is 8.87. The average Bonchev–Trinajstić information content (AvgIpc) is 2.97. The second-order valence-corrected chi connectivity index (χ2v) is 10.8. The van der Waals surface area contributed by atoms with Gasteiger partial charge >= 0.3 is 5.97 Å². The number of methoxy groups -OCH3 is 1. The van der Waals surface area contributed by atoms with Crippen molar-refractivity contribution in [3.05, 3.63) is 0 Å². The molecule has 3 fully saturated rings. The van der Waals surface area contributed by atoms with Gasteiger partial charge < -0.3 is 4.74 Å². The van der Waals surface area contributed by atoms with Gasteiger partial charge in [0.1, 0.15) is 0 Å². The fourth-order valence-corrected chi connectivity index (χ4v) is 7.37. The van der Waals surface area contributed by atoms with Crippen LogP contribution in [0.2, 0.25) is 0 Å². The van der Waals surface area contributed by atoms with Gasteiger partial charge in [-0.05, 0) is 98.7 Å². The summed E-state index contributed by atoms with van der Waals surface area (Å²) in [4.78, 5) is 11.5. The van der Waals surface area contributed by atoms with Crippen LogP contribution < -0.4 is 0 Å². The van der Waals surface area contributed by atoms with E-state index < -0.39 is 0 Å². The topological polar surface area (TPSA) is 26.3 Å². The molecular formula is C25H44O2. The summed E-state index contributed by atoms with van der Waals surface area (Å²) in [6, 6.07) is 0. The molecule has 0 bridgehead atoms. The van der Waals surface area contributed by atoms with Crippen molar-refractivity contribution in [3.8, 4) is 0 Å². The molecule has 27 heavy (non-hydrogen) atoms. The van der Waals surface area contributed by atoms with Crippen LogP contribution in [0.4, 0.5) is 0 Å². The lowest BCUT2D eigenvalue weighted by molar-refractivity contribution is -0.140. The van der Waals surface area contributed by atoms with E-state index in [1.807, 2.05) is 0 Å². The molecule has 3 aliphatic rings. The molecule has 0 aromatic rings. The summed E-state index contributed by atoms with van der Waals surface area (Å²) in [5, 5.41) is 0. The van der Waals surface area contributed by atoms with Gasteiger partial charge in [0.2, 0.25) is 0 Å². The quantitative estimate of drug-likeness (QED) is 0.487. The van der Waals surface area contributed by atoms with Gasteiger partial charge in [0, 0.05) is 6.42 Å². The Balaban J connectivity index is 1.68. The molecule has 3 rings (SSSR count). The van der Waals surface area contributed by atoms with Crippen LogP contribution in [-0.4, -0.2) is 13.1 Å². The molecule has 0 radical (unpaired) electrons. The zero-order valence-corrected chi connectivity index (χ0v) is 18.5.